The zero-order valence-corrected chi connectivity index (χ0v) is 14.6. The number of nitrogens with two attached hydrogens (primary N) is 1. The van der Waals surface area contributed by atoms with Crippen LogP contribution in [0.25, 0.3) is 0 Å². The lowest BCUT2D eigenvalue weighted by atomic mass is 9.93. The third-order valence-corrected chi connectivity index (χ3v) is 4.80. The molecule has 1 aromatic heterocycles. The second kappa shape index (κ2) is 8.07. The number of rotatable bonds is 5. The number of aromatic nitrogens is 2. The summed E-state index contributed by atoms with van der Waals surface area (Å²) in [5.74, 6) is 0.665. The zero-order chi connectivity index (χ0) is 17.6. The molecule has 1 amide bonds. The van der Waals surface area contributed by atoms with Gasteiger partial charge in [-0.05, 0) is 37.9 Å². The fraction of sp³-hybridized carbons (Fsp3) is 0.421. The van der Waals surface area contributed by atoms with Crippen LogP contribution in [0.1, 0.15) is 36.9 Å². The van der Waals surface area contributed by atoms with Gasteiger partial charge in [-0.1, -0.05) is 30.3 Å². The zero-order valence-electron chi connectivity index (χ0n) is 14.6. The largest absolute Gasteiger partial charge is 0.368 e. The normalized spacial score (nSPS) is 19.3. The lowest BCUT2D eigenvalue weighted by molar-refractivity contribution is -0.126. The second-order valence-electron chi connectivity index (χ2n) is 6.55. The van der Waals surface area contributed by atoms with Gasteiger partial charge in [0.25, 0.3) is 0 Å². The molecule has 1 aliphatic rings. The van der Waals surface area contributed by atoms with Crippen molar-refractivity contribution < 1.29 is 4.79 Å². The Bertz CT molecular complexity index is 706. The van der Waals surface area contributed by atoms with E-state index in [1.807, 2.05) is 43.3 Å². The molecular weight excluding hydrogens is 314 g/mol. The first-order valence-corrected chi connectivity index (χ1v) is 8.77. The molecule has 0 radical (unpaired) electrons. The molecule has 0 spiro atoms. The lowest BCUT2D eigenvalue weighted by Gasteiger charge is -2.35. The maximum Gasteiger partial charge on any atom is 0.237 e. The molecule has 132 valence electrons. The number of hydrogen-bond acceptors (Lipinski definition) is 5. The van der Waals surface area contributed by atoms with E-state index in [2.05, 4.69) is 20.2 Å². The topological polar surface area (TPSA) is 84.1 Å². The highest BCUT2D eigenvalue weighted by Gasteiger charge is 2.28. The summed E-state index contributed by atoms with van der Waals surface area (Å²) in [5, 5.41) is 3.03. The summed E-state index contributed by atoms with van der Waals surface area (Å²) >= 11 is 0. The molecule has 2 atom stereocenters. The average molecular weight is 339 g/mol. The van der Waals surface area contributed by atoms with Crippen LogP contribution in [-0.4, -0.2) is 39.9 Å². The minimum absolute atomic E-state index is 0.0618. The van der Waals surface area contributed by atoms with Gasteiger partial charge in [0.1, 0.15) is 0 Å². The van der Waals surface area contributed by atoms with E-state index in [9.17, 15) is 4.79 Å². The minimum atomic E-state index is -0.161. The summed E-state index contributed by atoms with van der Waals surface area (Å²) < 4.78 is 0. The number of nitrogens with zero attached hydrogens (tertiary/aromatic N) is 3. The van der Waals surface area contributed by atoms with E-state index >= 15 is 0 Å². The summed E-state index contributed by atoms with van der Waals surface area (Å²) in [4.78, 5) is 23.1. The summed E-state index contributed by atoms with van der Waals surface area (Å²) in [5.41, 5.74) is 7.78. The quantitative estimate of drug-likeness (QED) is 0.870. The first kappa shape index (κ1) is 17.4. The van der Waals surface area contributed by atoms with E-state index in [1.165, 1.54) is 0 Å². The molecule has 0 aliphatic carbocycles. The van der Waals surface area contributed by atoms with Gasteiger partial charge >= 0.3 is 0 Å². The standard InChI is InChI=1S/C19H25N5O/c1-14(18(25)22-12-15-6-3-2-4-7-15)24-11-5-8-16(13-24)17-9-10-21-19(20)23-17/h2-4,6-7,9-10,14,16H,5,8,11-13H2,1H3,(H,22,25)(H2,20,21,23)/t14-,16-/m1/s1. The van der Waals surface area contributed by atoms with Gasteiger partial charge in [-0.3, -0.25) is 9.69 Å². The molecule has 0 unspecified atom stereocenters. The number of nitrogens with one attached hydrogen (secondary N) is 1. The summed E-state index contributed by atoms with van der Waals surface area (Å²) in [6.07, 6.45) is 3.81. The van der Waals surface area contributed by atoms with Crippen LogP contribution in [0.15, 0.2) is 42.6 Å². The fourth-order valence-electron chi connectivity index (χ4n) is 3.31. The monoisotopic (exact) mass is 339 g/mol. The molecule has 3 rings (SSSR count). The molecule has 6 heteroatoms. The Hall–Kier alpha value is -2.47. The number of amides is 1. The predicted octanol–water partition coefficient (Wildman–Crippen LogP) is 1.94. The number of carbonyl (C=O) groups excluding carboxylic acids is 1. The van der Waals surface area contributed by atoms with Crippen molar-refractivity contribution in [1.82, 2.24) is 20.2 Å². The van der Waals surface area contributed by atoms with Crippen LogP contribution >= 0.6 is 0 Å². The summed E-state index contributed by atoms with van der Waals surface area (Å²) in [6, 6.07) is 11.7. The highest BCUT2D eigenvalue weighted by molar-refractivity contribution is 5.81. The third-order valence-electron chi connectivity index (χ3n) is 4.80. The van der Waals surface area contributed by atoms with Gasteiger partial charge in [0, 0.05) is 25.2 Å². The molecule has 1 saturated heterocycles. The van der Waals surface area contributed by atoms with E-state index in [0.29, 0.717) is 18.4 Å². The minimum Gasteiger partial charge on any atom is -0.368 e. The van der Waals surface area contributed by atoms with E-state index in [-0.39, 0.29) is 11.9 Å². The summed E-state index contributed by atoms with van der Waals surface area (Å²) in [6.45, 7) is 4.27. The van der Waals surface area contributed by atoms with Crippen molar-refractivity contribution in [2.75, 3.05) is 18.8 Å². The third kappa shape index (κ3) is 4.54. The first-order valence-electron chi connectivity index (χ1n) is 8.77. The Morgan fingerprint density at radius 3 is 2.92 bits per heavy atom. The van der Waals surface area contributed by atoms with Crippen molar-refractivity contribution in [3.8, 4) is 0 Å². The Morgan fingerprint density at radius 1 is 1.36 bits per heavy atom. The van der Waals surface area contributed by atoms with Crippen LogP contribution in [0.3, 0.4) is 0 Å². The maximum absolute atomic E-state index is 12.5. The number of hydrogen-bond donors (Lipinski definition) is 2. The van der Waals surface area contributed by atoms with Gasteiger partial charge < -0.3 is 11.1 Å². The van der Waals surface area contributed by atoms with Gasteiger partial charge in [-0.15, -0.1) is 0 Å². The van der Waals surface area contributed by atoms with Crippen molar-refractivity contribution in [3.63, 3.8) is 0 Å². The molecule has 6 nitrogen and oxygen atoms in total. The van der Waals surface area contributed by atoms with Crippen LogP contribution in [0.2, 0.25) is 0 Å². The van der Waals surface area contributed by atoms with Crippen LogP contribution in [0.5, 0.6) is 0 Å². The van der Waals surface area contributed by atoms with Gasteiger partial charge in [-0.2, -0.15) is 0 Å². The Kier molecular flexibility index (Phi) is 5.60. The Morgan fingerprint density at radius 2 is 2.16 bits per heavy atom. The number of piperidine rings is 1. The fourth-order valence-corrected chi connectivity index (χ4v) is 3.31. The molecule has 1 fully saturated rings. The number of carbonyl (C=O) groups is 1. The second-order valence-corrected chi connectivity index (χ2v) is 6.55. The molecule has 2 heterocycles. The Labute approximate surface area is 148 Å². The maximum atomic E-state index is 12.5. The number of benzene rings is 1. The molecule has 25 heavy (non-hydrogen) atoms. The summed E-state index contributed by atoms with van der Waals surface area (Å²) in [7, 11) is 0. The van der Waals surface area contributed by atoms with Crippen LogP contribution in [0.4, 0.5) is 5.95 Å². The van der Waals surface area contributed by atoms with Crippen molar-refractivity contribution in [2.24, 2.45) is 0 Å². The first-order chi connectivity index (χ1) is 12.1. The van der Waals surface area contributed by atoms with Gasteiger partial charge in [0.15, 0.2) is 0 Å². The van der Waals surface area contributed by atoms with E-state index in [0.717, 1.165) is 37.2 Å². The van der Waals surface area contributed by atoms with E-state index in [1.54, 1.807) is 6.20 Å². The van der Waals surface area contributed by atoms with Gasteiger partial charge in [-0.25, -0.2) is 9.97 Å². The van der Waals surface area contributed by atoms with Gasteiger partial charge in [0.2, 0.25) is 11.9 Å². The SMILES string of the molecule is C[C@H](C(=O)NCc1ccccc1)N1CCC[C@@H](c2ccnc(N)n2)C1. The Balaban J connectivity index is 1.57. The van der Waals surface area contributed by atoms with Crippen LogP contribution in [0, 0.1) is 0 Å². The van der Waals surface area contributed by atoms with Gasteiger partial charge in [0.05, 0.1) is 11.7 Å². The van der Waals surface area contributed by atoms with Crippen molar-refractivity contribution >= 4 is 11.9 Å². The molecule has 2 aromatic rings. The number of likely N-dealkylation sites (tertiary alicyclic amines) is 1. The smallest absolute Gasteiger partial charge is 0.237 e. The average Bonchev–Trinajstić information content (AvgIpc) is 2.66. The molecule has 1 aliphatic heterocycles. The molecule has 1 aromatic carbocycles. The van der Waals surface area contributed by atoms with Crippen molar-refractivity contribution in [1.29, 1.82) is 0 Å². The predicted molar refractivity (Wildman–Crippen MR) is 97.7 cm³/mol. The molecule has 0 bridgehead atoms. The van der Waals surface area contributed by atoms with Crippen LogP contribution < -0.4 is 11.1 Å². The lowest BCUT2D eigenvalue weighted by Crippen LogP contribution is -2.48. The van der Waals surface area contributed by atoms with Crippen LogP contribution in [-0.2, 0) is 11.3 Å². The molecule has 0 saturated carbocycles. The molecule has 3 N–H and O–H groups in total. The van der Waals surface area contributed by atoms with E-state index < -0.39 is 0 Å². The highest BCUT2D eigenvalue weighted by Crippen LogP contribution is 2.26. The number of anilines is 1. The highest BCUT2D eigenvalue weighted by atomic mass is 16.2. The molecular formula is C19H25N5O. The van der Waals surface area contributed by atoms with Crippen molar-refractivity contribution in [2.45, 2.75) is 38.3 Å². The number of nitrogen functional groups attached to an aromatic ring is 1. The van der Waals surface area contributed by atoms with E-state index in [4.69, 9.17) is 5.73 Å². The van der Waals surface area contributed by atoms with Crippen molar-refractivity contribution in [3.05, 3.63) is 53.9 Å².